The van der Waals surface area contributed by atoms with Crippen LogP contribution in [0.1, 0.15) is 150 Å². The minimum Gasteiger partial charge on any atom is -0.497 e. The molecule has 0 saturated heterocycles. The van der Waals surface area contributed by atoms with Crippen LogP contribution in [0.15, 0.2) is 265 Å². The Kier molecular flexibility index (Phi) is 22.6. The molecule has 0 fully saturated rings. The molecule has 0 radical (unpaired) electrons. The van der Waals surface area contributed by atoms with E-state index in [-0.39, 0.29) is 53.2 Å². The summed E-state index contributed by atoms with van der Waals surface area (Å²) in [5.41, 5.74) is 10.6. The molecule has 15 aromatic rings. The van der Waals surface area contributed by atoms with Gasteiger partial charge in [0.2, 0.25) is 46.6 Å². The van der Waals surface area contributed by atoms with Crippen molar-refractivity contribution in [1.82, 2.24) is 24.9 Å². The number of rotatable bonds is 16. The largest absolute Gasteiger partial charge is 0.497 e. The Morgan fingerprint density at radius 3 is 1.10 bits per heavy atom. The molecule has 24 nitrogen and oxygen atoms in total. The van der Waals surface area contributed by atoms with E-state index in [1.54, 1.807) is 160 Å². The first-order chi connectivity index (χ1) is 59.1. The van der Waals surface area contributed by atoms with Crippen LogP contribution >= 0.6 is 11.6 Å². The van der Waals surface area contributed by atoms with Crippen LogP contribution in [0.5, 0.6) is 5.75 Å². The Labute approximate surface area is 697 Å². The van der Waals surface area contributed by atoms with Gasteiger partial charge in [-0.3, -0.25) is 47.9 Å². The van der Waals surface area contributed by atoms with Crippen LogP contribution in [0, 0.1) is 18.6 Å². The van der Waals surface area contributed by atoms with E-state index in [0.717, 1.165) is 40.4 Å². The molecule has 0 spiro atoms. The van der Waals surface area contributed by atoms with E-state index >= 15 is 0 Å². The third-order valence-electron chi connectivity index (χ3n) is 20.4. The fourth-order valence-corrected chi connectivity index (χ4v) is 14.4. The fraction of sp³-hybridized carbons (Fsp3) is 0.105. The molecule has 5 aliphatic carbocycles. The summed E-state index contributed by atoms with van der Waals surface area (Å²) in [6.45, 7) is 2.69. The Hall–Kier alpha value is -15.7. The summed E-state index contributed by atoms with van der Waals surface area (Å²) in [5.74, 6) is -2.08. The summed E-state index contributed by atoms with van der Waals surface area (Å²) in [4.78, 5) is 145. The number of methoxy groups -OCH3 is 1. The number of carbonyl (C=O) groups excluding carboxylic acids is 10. The quantitative estimate of drug-likeness (QED) is 0.0849. The number of ether oxygens (including phenoxy) is 1. The van der Waals surface area contributed by atoms with Gasteiger partial charge in [0.25, 0.3) is 28.9 Å². The normalized spacial score (nSPS) is 12.7. The van der Waals surface area contributed by atoms with Gasteiger partial charge >= 0.3 is 0 Å². The second-order valence-electron chi connectivity index (χ2n) is 28.3. The van der Waals surface area contributed by atoms with Crippen LogP contribution in [0.4, 0.5) is 25.8 Å². The number of ketones is 10. The number of hydrogen-bond donors (Lipinski definition) is 2. The zero-order valence-electron chi connectivity index (χ0n) is 64.9. The van der Waals surface area contributed by atoms with Crippen molar-refractivity contribution in [2.45, 2.75) is 52.2 Å². The number of aryl methyl sites for hydroxylation is 5. The lowest BCUT2D eigenvalue weighted by Gasteiger charge is -2.16. The van der Waals surface area contributed by atoms with Gasteiger partial charge in [-0.15, -0.1) is 0 Å². The van der Waals surface area contributed by atoms with Crippen molar-refractivity contribution in [2.75, 3.05) is 29.7 Å². The van der Waals surface area contributed by atoms with Crippen molar-refractivity contribution in [1.29, 1.82) is 0 Å². The molecule has 0 aliphatic heterocycles. The van der Waals surface area contributed by atoms with Crippen LogP contribution in [0.25, 0.3) is 56.6 Å². The number of aromatic nitrogens is 5. The molecule has 2 N–H and O–H groups in total. The molecule has 5 aromatic heterocycles. The van der Waals surface area contributed by atoms with E-state index < -0.39 is 57.8 Å². The van der Waals surface area contributed by atoms with Crippen LogP contribution in [-0.4, -0.2) is 96.9 Å². The molecule has 27 heteroatoms. The predicted octanol–water partition coefficient (Wildman–Crippen LogP) is 18.3. The third kappa shape index (κ3) is 16.4. The van der Waals surface area contributed by atoms with Gasteiger partial charge in [-0.1, -0.05) is 175 Å². The minimum absolute atomic E-state index is 0.0474. The number of nitrogens with one attached hydrogen (secondary N) is 2. The molecule has 20 rings (SSSR count). The molecular formula is C95H65ClF2N8O16. The highest BCUT2D eigenvalue weighted by Gasteiger charge is 2.40. The summed E-state index contributed by atoms with van der Waals surface area (Å²) >= 11 is 5.94. The molecule has 5 aliphatic rings. The SMILES string of the molecule is CN(Cc1nc2c(o1)-c1ccccc1C(=O)C2=O)c1ccc(F)cc1.COc1ccc(NCc2nc3c(o2)-c2ccccc2C(=O)C3=O)cc1.Cc1cc(F)ccc1CCc1nc2c(o1)-c1ccccc1C(=O)C2=O.O=C1C(=O)c2nc(CCc3ccccc3)oc2-c2ccccc21.O=C1C(=O)c2nc(CNc3cccc(Cl)c3)oc2-c2ccccc21. The number of hydrogen-bond acceptors (Lipinski definition) is 24. The Bertz CT molecular complexity index is 6740. The average Bonchev–Trinajstić information content (AvgIpc) is 1.55. The van der Waals surface area contributed by atoms with Gasteiger partial charge in [0.15, 0.2) is 69.1 Å². The Morgan fingerprint density at radius 1 is 0.344 bits per heavy atom. The van der Waals surface area contributed by atoms with E-state index in [9.17, 15) is 56.7 Å². The predicted molar refractivity (Wildman–Crippen MR) is 443 cm³/mol. The second kappa shape index (κ2) is 34.5. The average molecular weight is 1650 g/mol. The molecule has 122 heavy (non-hydrogen) atoms. The molecule has 602 valence electrons. The zero-order chi connectivity index (χ0) is 85.0. The van der Waals surface area contributed by atoms with Crippen LogP contribution in [-0.2, 0) is 45.3 Å². The monoisotopic (exact) mass is 1650 g/mol. The van der Waals surface area contributed by atoms with Crippen molar-refractivity contribution < 1.29 is 83.5 Å². The van der Waals surface area contributed by atoms with Gasteiger partial charge in [-0.25, -0.2) is 33.7 Å². The first-order valence-electron chi connectivity index (χ1n) is 38.2. The Balaban J connectivity index is 0.000000113. The van der Waals surface area contributed by atoms with Crippen LogP contribution in [0.3, 0.4) is 0 Å². The van der Waals surface area contributed by atoms with Gasteiger partial charge < -0.3 is 42.4 Å². The van der Waals surface area contributed by atoms with Crippen molar-refractivity contribution >= 4 is 86.5 Å². The summed E-state index contributed by atoms with van der Waals surface area (Å²) in [6.07, 6.45) is 2.42. The lowest BCUT2D eigenvalue weighted by atomic mass is 9.91. The third-order valence-corrected chi connectivity index (χ3v) is 20.6. The first kappa shape index (κ1) is 80.1. The van der Waals surface area contributed by atoms with Crippen molar-refractivity contribution in [3.8, 4) is 62.4 Å². The molecule has 0 unspecified atom stereocenters. The van der Waals surface area contributed by atoms with Crippen LogP contribution < -0.4 is 20.3 Å². The number of benzene rings is 10. The van der Waals surface area contributed by atoms with Gasteiger partial charge in [0.1, 0.15) is 17.4 Å². The summed E-state index contributed by atoms with van der Waals surface area (Å²) < 4.78 is 60.1. The number of halogens is 3. The number of anilines is 3. The fourth-order valence-electron chi connectivity index (χ4n) is 14.2. The zero-order valence-corrected chi connectivity index (χ0v) is 65.6. The first-order valence-corrected chi connectivity index (χ1v) is 38.5. The second-order valence-corrected chi connectivity index (χ2v) is 28.7. The standard InChI is InChI=1S/C20H14FNO3.C19H13FN2O3.C19H14N2O4.C19H13NO3.C18H11ClN2O3/c1-11-10-13(21)8-6-12(11)7-9-16-22-17-19(24)18(23)14-4-2-3-5-15(14)20(17)25-16;1-22(12-8-6-11(20)7-9-12)10-15-21-16-18(24)17(23)13-4-2-3-5-14(13)19(16)25-15;1-24-12-8-6-11(7-9-12)20-10-15-21-16-18(23)17(22)13-4-2-3-5-14(13)19(16)25-15;21-17-13-8-4-5-9-14(13)19-16(18(17)22)20-15(23-19)11-10-12-6-2-1-3-7-12;19-10-4-3-5-11(8-10)20-9-14-21-15-17(23)16(22)12-6-1-2-7-13(12)18(15)24-14/h2-6,8,10H,7,9H2,1H3;2-9H,10H2,1H3;2-9,20H,10H2,1H3;1-9H,10-11H2;1-8,20H,9H2. The van der Waals surface area contributed by atoms with Crippen molar-refractivity contribution in [2.24, 2.45) is 0 Å². The number of oxazole rings is 5. The van der Waals surface area contributed by atoms with E-state index in [1.165, 1.54) is 29.8 Å². The number of fused-ring (bicyclic) bond motifs is 15. The van der Waals surface area contributed by atoms with Crippen molar-refractivity contribution in [3.05, 3.63) is 362 Å². The molecule has 0 amide bonds. The van der Waals surface area contributed by atoms with Gasteiger partial charge in [0, 0.05) is 97.6 Å². The summed E-state index contributed by atoms with van der Waals surface area (Å²) in [7, 11) is 3.41. The Morgan fingerprint density at radius 2 is 0.697 bits per heavy atom. The maximum atomic E-state index is 13.2. The number of carbonyl (C=O) groups is 10. The smallest absolute Gasteiger partial charge is 0.255 e. The van der Waals surface area contributed by atoms with Gasteiger partial charge in [-0.2, -0.15) is 0 Å². The number of Topliss-reactive ketones (excluding diaryl/α,β-unsaturated/α-hetero) is 10. The topological polar surface area (TPSA) is 337 Å². The van der Waals surface area contributed by atoms with E-state index in [2.05, 4.69) is 35.6 Å². The van der Waals surface area contributed by atoms with Crippen molar-refractivity contribution in [3.63, 3.8) is 0 Å². The molecule has 0 saturated carbocycles. The van der Waals surface area contributed by atoms with E-state index in [0.29, 0.717) is 145 Å². The van der Waals surface area contributed by atoms with E-state index in [1.807, 2.05) is 84.6 Å². The maximum absolute atomic E-state index is 13.2. The lowest BCUT2D eigenvalue weighted by molar-refractivity contribution is 0.0812. The molecule has 5 heterocycles. The van der Waals surface area contributed by atoms with E-state index in [4.69, 9.17) is 38.4 Å². The number of nitrogens with zero attached hydrogens (tertiary/aromatic N) is 6. The highest BCUT2D eigenvalue weighted by Crippen LogP contribution is 2.40. The summed E-state index contributed by atoms with van der Waals surface area (Å²) in [6, 6.07) is 69.7. The molecule has 0 atom stereocenters. The van der Waals surface area contributed by atoms with Gasteiger partial charge in [0.05, 0.1) is 26.7 Å². The lowest BCUT2D eigenvalue weighted by Crippen LogP contribution is -2.21. The molecular weight excluding hydrogens is 1580 g/mol. The molecule has 10 aromatic carbocycles. The highest BCUT2D eigenvalue weighted by atomic mass is 35.5. The minimum atomic E-state index is -0.659. The van der Waals surface area contributed by atoms with Crippen LogP contribution in [0.2, 0.25) is 5.02 Å². The molecule has 0 bridgehead atoms. The maximum Gasteiger partial charge on any atom is 0.255 e. The van der Waals surface area contributed by atoms with Gasteiger partial charge in [-0.05, 0) is 115 Å². The summed E-state index contributed by atoms with van der Waals surface area (Å²) in [5, 5.41) is 6.90. The highest BCUT2D eigenvalue weighted by molar-refractivity contribution is 6.55.